The average Bonchev–Trinajstić information content (AvgIpc) is 2.67. The van der Waals surface area contributed by atoms with Crippen LogP contribution >= 0.6 is 0 Å². The lowest BCUT2D eigenvalue weighted by Crippen LogP contribution is -2.39. The molecule has 0 aliphatic carbocycles. The highest BCUT2D eigenvalue weighted by molar-refractivity contribution is 5.67. The molecule has 0 unspecified atom stereocenters. The van der Waals surface area contributed by atoms with E-state index < -0.39 is 18.1 Å². The SMILES string of the molecule is CC(C)[C@H]([C@H](N)CC(=O)O)[C@@H](O)c1ccco1. The van der Waals surface area contributed by atoms with Crippen LogP contribution in [-0.4, -0.2) is 22.2 Å². The van der Waals surface area contributed by atoms with E-state index in [0.717, 1.165) is 0 Å². The van der Waals surface area contributed by atoms with Gasteiger partial charge in [0, 0.05) is 12.0 Å². The highest BCUT2D eigenvalue weighted by Gasteiger charge is 2.32. The zero-order valence-corrected chi connectivity index (χ0v) is 10.0. The van der Waals surface area contributed by atoms with Crippen molar-refractivity contribution in [3.63, 3.8) is 0 Å². The predicted octanol–water partition coefficient (Wildman–Crippen LogP) is 1.39. The number of carboxylic acids is 1. The van der Waals surface area contributed by atoms with Crippen molar-refractivity contribution in [1.82, 2.24) is 0 Å². The average molecular weight is 241 g/mol. The van der Waals surface area contributed by atoms with Gasteiger partial charge >= 0.3 is 5.97 Å². The fourth-order valence-electron chi connectivity index (χ4n) is 2.08. The molecule has 0 fully saturated rings. The quantitative estimate of drug-likeness (QED) is 0.699. The summed E-state index contributed by atoms with van der Waals surface area (Å²) in [6.07, 6.45) is 0.429. The Morgan fingerprint density at radius 1 is 1.53 bits per heavy atom. The van der Waals surface area contributed by atoms with E-state index in [1.54, 1.807) is 12.1 Å². The van der Waals surface area contributed by atoms with Crippen molar-refractivity contribution in [3.8, 4) is 0 Å². The molecule has 96 valence electrons. The van der Waals surface area contributed by atoms with E-state index in [-0.39, 0.29) is 18.3 Å². The second-order valence-corrected chi connectivity index (χ2v) is 4.54. The van der Waals surface area contributed by atoms with Crippen molar-refractivity contribution in [2.75, 3.05) is 0 Å². The maximum absolute atomic E-state index is 10.7. The van der Waals surface area contributed by atoms with Crippen LogP contribution < -0.4 is 5.73 Å². The minimum absolute atomic E-state index is 0.0597. The summed E-state index contributed by atoms with van der Waals surface area (Å²) >= 11 is 0. The highest BCUT2D eigenvalue weighted by atomic mass is 16.4. The summed E-state index contributed by atoms with van der Waals surface area (Å²) < 4.78 is 5.13. The van der Waals surface area contributed by atoms with Crippen LogP contribution in [0.5, 0.6) is 0 Å². The summed E-state index contributed by atoms with van der Waals surface area (Å²) in [6.45, 7) is 3.80. The number of hydrogen-bond donors (Lipinski definition) is 3. The predicted molar refractivity (Wildman–Crippen MR) is 62.2 cm³/mol. The van der Waals surface area contributed by atoms with Gasteiger partial charge in [0.15, 0.2) is 0 Å². The summed E-state index contributed by atoms with van der Waals surface area (Å²) in [7, 11) is 0. The minimum Gasteiger partial charge on any atom is -0.481 e. The lowest BCUT2D eigenvalue weighted by atomic mass is 9.82. The second kappa shape index (κ2) is 5.84. The third kappa shape index (κ3) is 3.57. The number of hydrogen-bond acceptors (Lipinski definition) is 4. The van der Waals surface area contributed by atoms with E-state index in [1.165, 1.54) is 6.26 Å². The van der Waals surface area contributed by atoms with Gasteiger partial charge in [0.25, 0.3) is 0 Å². The smallest absolute Gasteiger partial charge is 0.304 e. The molecule has 0 spiro atoms. The molecule has 0 radical (unpaired) electrons. The Hall–Kier alpha value is -1.33. The summed E-state index contributed by atoms with van der Waals surface area (Å²) in [5, 5.41) is 18.9. The monoisotopic (exact) mass is 241 g/mol. The van der Waals surface area contributed by atoms with E-state index in [4.69, 9.17) is 15.3 Å². The largest absolute Gasteiger partial charge is 0.481 e. The standard InChI is InChI=1S/C12H19NO4/c1-7(2)11(8(13)6-10(14)15)12(16)9-4-3-5-17-9/h3-5,7-8,11-12,16H,6,13H2,1-2H3,(H,14,15)/t8-,11-,12+/m1/s1. The number of aliphatic carboxylic acids is 1. The van der Waals surface area contributed by atoms with Gasteiger partial charge in [-0.2, -0.15) is 0 Å². The van der Waals surface area contributed by atoms with Crippen molar-refractivity contribution < 1.29 is 19.4 Å². The topological polar surface area (TPSA) is 96.7 Å². The molecule has 0 aliphatic rings. The molecule has 17 heavy (non-hydrogen) atoms. The molecule has 3 atom stereocenters. The first-order valence-corrected chi connectivity index (χ1v) is 5.62. The van der Waals surface area contributed by atoms with E-state index >= 15 is 0 Å². The van der Waals surface area contributed by atoms with E-state index in [9.17, 15) is 9.90 Å². The van der Waals surface area contributed by atoms with Crippen LogP contribution in [0, 0.1) is 11.8 Å². The Morgan fingerprint density at radius 2 is 2.18 bits per heavy atom. The number of aliphatic hydroxyl groups is 1. The maximum Gasteiger partial charge on any atom is 0.304 e. The molecule has 0 saturated heterocycles. The van der Waals surface area contributed by atoms with Crippen molar-refractivity contribution in [3.05, 3.63) is 24.2 Å². The normalized spacial score (nSPS) is 16.8. The molecule has 5 nitrogen and oxygen atoms in total. The molecule has 1 aromatic rings. The molecule has 0 aliphatic heterocycles. The Kier molecular flexibility index (Phi) is 4.72. The van der Waals surface area contributed by atoms with Gasteiger partial charge in [-0.15, -0.1) is 0 Å². The van der Waals surface area contributed by atoms with E-state index in [2.05, 4.69) is 0 Å². The minimum atomic E-state index is -0.963. The molecular formula is C12H19NO4. The van der Waals surface area contributed by atoms with Gasteiger partial charge in [-0.05, 0) is 18.1 Å². The van der Waals surface area contributed by atoms with E-state index in [0.29, 0.717) is 5.76 Å². The number of rotatable bonds is 6. The van der Waals surface area contributed by atoms with Gasteiger partial charge in [-0.3, -0.25) is 4.79 Å². The lowest BCUT2D eigenvalue weighted by molar-refractivity contribution is -0.138. The van der Waals surface area contributed by atoms with Crippen molar-refractivity contribution in [1.29, 1.82) is 0 Å². The molecule has 1 rings (SSSR count). The summed E-state index contributed by atoms with van der Waals surface area (Å²) in [5.74, 6) is -0.832. The first-order chi connectivity index (χ1) is 7.93. The zero-order chi connectivity index (χ0) is 13.0. The van der Waals surface area contributed by atoms with Gasteiger partial charge in [0.2, 0.25) is 0 Å². The Labute approximate surface area is 100 Å². The first-order valence-electron chi connectivity index (χ1n) is 5.62. The molecular weight excluding hydrogens is 222 g/mol. The molecule has 5 heteroatoms. The first kappa shape index (κ1) is 13.7. The number of carboxylic acid groups (broad SMARTS) is 1. The van der Waals surface area contributed by atoms with Crippen molar-refractivity contribution in [2.45, 2.75) is 32.4 Å². The van der Waals surface area contributed by atoms with Crippen LogP contribution in [-0.2, 0) is 4.79 Å². The van der Waals surface area contributed by atoms with Gasteiger partial charge in [0.1, 0.15) is 11.9 Å². The number of nitrogens with two attached hydrogens (primary N) is 1. The number of furan rings is 1. The van der Waals surface area contributed by atoms with Crippen molar-refractivity contribution >= 4 is 5.97 Å². The maximum atomic E-state index is 10.7. The lowest BCUT2D eigenvalue weighted by Gasteiger charge is -2.29. The van der Waals surface area contributed by atoms with Crippen LogP contribution in [0.4, 0.5) is 0 Å². The van der Waals surface area contributed by atoms with Gasteiger partial charge in [0.05, 0.1) is 12.7 Å². The Morgan fingerprint density at radius 3 is 2.59 bits per heavy atom. The van der Waals surface area contributed by atoms with Crippen LogP contribution in [0.25, 0.3) is 0 Å². The van der Waals surface area contributed by atoms with E-state index in [1.807, 2.05) is 13.8 Å². The number of aliphatic hydroxyl groups excluding tert-OH is 1. The Balaban J connectivity index is 2.82. The molecule has 1 heterocycles. The summed E-state index contributed by atoms with van der Waals surface area (Å²) in [5.41, 5.74) is 5.84. The third-order valence-corrected chi connectivity index (χ3v) is 2.87. The van der Waals surface area contributed by atoms with Gasteiger partial charge < -0.3 is 20.4 Å². The molecule has 4 N–H and O–H groups in total. The van der Waals surface area contributed by atoms with Gasteiger partial charge in [-0.25, -0.2) is 0 Å². The van der Waals surface area contributed by atoms with Crippen LogP contribution in [0.3, 0.4) is 0 Å². The fourth-order valence-corrected chi connectivity index (χ4v) is 2.08. The second-order valence-electron chi connectivity index (χ2n) is 4.54. The zero-order valence-electron chi connectivity index (χ0n) is 10.0. The molecule has 0 aromatic carbocycles. The van der Waals surface area contributed by atoms with Crippen LogP contribution in [0.2, 0.25) is 0 Å². The Bertz CT molecular complexity index is 347. The summed E-state index contributed by atoms with van der Waals surface area (Å²) in [6, 6.07) is 2.74. The molecule has 0 saturated carbocycles. The van der Waals surface area contributed by atoms with Crippen LogP contribution in [0.1, 0.15) is 32.1 Å². The molecule has 1 aromatic heterocycles. The molecule has 0 amide bonds. The molecule has 0 bridgehead atoms. The third-order valence-electron chi connectivity index (χ3n) is 2.87. The number of carbonyl (C=O) groups is 1. The highest BCUT2D eigenvalue weighted by Crippen LogP contribution is 2.31. The summed E-state index contributed by atoms with van der Waals surface area (Å²) in [4.78, 5) is 10.7. The fraction of sp³-hybridized carbons (Fsp3) is 0.583. The van der Waals surface area contributed by atoms with Crippen molar-refractivity contribution in [2.24, 2.45) is 17.6 Å². The van der Waals surface area contributed by atoms with Crippen LogP contribution in [0.15, 0.2) is 22.8 Å². The van der Waals surface area contributed by atoms with Gasteiger partial charge in [-0.1, -0.05) is 13.8 Å².